The Bertz CT molecular complexity index is 856. The maximum Gasteiger partial charge on any atom is 0.186 e. The van der Waals surface area contributed by atoms with Crippen molar-refractivity contribution in [2.24, 2.45) is 0 Å². The molecule has 24 heavy (non-hydrogen) atoms. The van der Waals surface area contributed by atoms with Crippen LogP contribution in [0.5, 0.6) is 0 Å². The Morgan fingerprint density at radius 1 is 1.17 bits per heavy atom. The molecule has 5 nitrogen and oxygen atoms in total. The molecule has 0 fully saturated rings. The number of nitrogens with zero attached hydrogens (tertiary/aromatic N) is 4. The molecular formula is C18H20FN5. The second kappa shape index (κ2) is 6.78. The number of rotatable bonds is 5. The first-order chi connectivity index (χ1) is 11.6. The van der Waals surface area contributed by atoms with E-state index in [-0.39, 0.29) is 11.6 Å². The van der Waals surface area contributed by atoms with Crippen LogP contribution in [0.3, 0.4) is 0 Å². The summed E-state index contributed by atoms with van der Waals surface area (Å²) in [5.74, 6) is -0.159. The Hall–Kier alpha value is -2.76. The van der Waals surface area contributed by atoms with Crippen LogP contribution in [0.15, 0.2) is 36.7 Å². The van der Waals surface area contributed by atoms with Gasteiger partial charge in [-0.1, -0.05) is 25.1 Å². The van der Waals surface area contributed by atoms with E-state index in [0.29, 0.717) is 18.7 Å². The number of hydrogen-bond donors (Lipinski definition) is 1. The van der Waals surface area contributed by atoms with Crippen LogP contribution in [-0.2, 0) is 13.0 Å². The number of aromatic nitrogens is 4. The molecule has 6 heteroatoms. The minimum absolute atomic E-state index is 0.227. The Morgan fingerprint density at radius 2 is 1.96 bits per heavy atom. The minimum Gasteiger partial charge on any atom is -0.363 e. The van der Waals surface area contributed by atoms with Gasteiger partial charge in [0, 0.05) is 12.2 Å². The first kappa shape index (κ1) is 16.1. The molecule has 0 aliphatic carbocycles. The van der Waals surface area contributed by atoms with Gasteiger partial charge in [0.25, 0.3) is 0 Å². The predicted molar refractivity (Wildman–Crippen MR) is 91.7 cm³/mol. The molecule has 0 saturated heterocycles. The van der Waals surface area contributed by atoms with Crippen molar-refractivity contribution in [2.45, 2.75) is 33.7 Å². The summed E-state index contributed by atoms with van der Waals surface area (Å²) in [4.78, 5) is 7.96. The molecule has 3 aromatic rings. The highest BCUT2D eigenvalue weighted by Crippen LogP contribution is 2.19. The summed E-state index contributed by atoms with van der Waals surface area (Å²) in [6, 6.07) is 9.96. The SMILES string of the molecule is CCc1ncnc(NCc2ccccc2-n2nc(C)cc2C)c1F. The average molecular weight is 325 g/mol. The second-order valence-electron chi connectivity index (χ2n) is 5.66. The third-order valence-electron chi connectivity index (χ3n) is 3.87. The van der Waals surface area contributed by atoms with Gasteiger partial charge in [-0.3, -0.25) is 0 Å². The van der Waals surface area contributed by atoms with Gasteiger partial charge in [0.2, 0.25) is 0 Å². The normalized spacial score (nSPS) is 10.8. The van der Waals surface area contributed by atoms with Gasteiger partial charge >= 0.3 is 0 Å². The van der Waals surface area contributed by atoms with Crippen LogP contribution < -0.4 is 5.32 Å². The van der Waals surface area contributed by atoms with E-state index < -0.39 is 0 Å². The maximum absolute atomic E-state index is 14.3. The van der Waals surface area contributed by atoms with E-state index in [0.717, 1.165) is 22.6 Å². The molecule has 1 N–H and O–H groups in total. The van der Waals surface area contributed by atoms with E-state index in [4.69, 9.17) is 0 Å². The van der Waals surface area contributed by atoms with Gasteiger partial charge in [-0.25, -0.2) is 19.0 Å². The Morgan fingerprint density at radius 3 is 2.67 bits per heavy atom. The van der Waals surface area contributed by atoms with Crippen molar-refractivity contribution < 1.29 is 4.39 Å². The molecule has 0 amide bonds. The minimum atomic E-state index is -0.386. The number of anilines is 1. The van der Waals surface area contributed by atoms with E-state index in [1.165, 1.54) is 6.33 Å². The second-order valence-corrected chi connectivity index (χ2v) is 5.66. The number of hydrogen-bond acceptors (Lipinski definition) is 4. The summed E-state index contributed by atoms with van der Waals surface area (Å²) in [6.07, 6.45) is 1.92. The third-order valence-corrected chi connectivity index (χ3v) is 3.87. The predicted octanol–water partition coefficient (Wildman–Crippen LogP) is 3.59. The third kappa shape index (κ3) is 3.13. The smallest absolute Gasteiger partial charge is 0.186 e. The molecule has 0 aliphatic rings. The van der Waals surface area contributed by atoms with E-state index >= 15 is 0 Å². The Labute approximate surface area is 140 Å². The molecule has 124 valence electrons. The molecule has 0 radical (unpaired) electrons. The lowest BCUT2D eigenvalue weighted by molar-refractivity contribution is 0.596. The number of aryl methyl sites for hydroxylation is 3. The van der Waals surface area contributed by atoms with Crippen molar-refractivity contribution in [3.8, 4) is 5.69 Å². The van der Waals surface area contributed by atoms with Crippen molar-refractivity contribution in [1.29, 1.82) is 0 Å². The quantitative estimate of drug-likeness (QED) is 0.779. The van der Waals surface area contributed by atoms with Gasteiger partial charge in [0.05, 0.1) is 17.1 Å². The van der Waals surface area contributed by atoms with E-state index in [1.807, 2.05) is 55.8 Å². The lowest BCUT2D eigenvalue weighted by atomic mass is 10.1. The van der Waals surface area contributed by atoms with Crippen molar-refractivity contribution >= 4 is 5.82 Å². The van der Waals surface area contributed by atoms with Crippen LogP contribution in [0, 0.1) is 19.7 Å². The van der Waals surface area contributed by atoms with Crippen LogP contribution in [0.25, 0.3) is 5.69 Å². The van der Waals surface area contributed by atoms with Crippen molar-refractivity contribution in [3.05, 3.63) is 65.1 Å². The molecule has 0 saturated carbocycles. The van der Waals surface area contributed by atoms with Crippen LogP contribution in [0.2, 0.25) is 0 Å². The van der Waals surface area contributed by atoms with Gasteiger partial charge in [-0.2, -0.15) is 5.10 Å². The monoisotopic (exact) mass is 325 g/mol. The first-order valence-electron chi connectivity index (χ1n) is 7.95. The topological polar surface area (TPSA) is 55.6 Å². The zero-order chi connectivity index (χ0) is 17.1. The summed E-state index contributed by atoms with van der Waals surface area (Å²) >= 11 is 0. The molecule has 2 heterocycles. The van der Waals surface area contributed by atoms with E-state index in [2.05, 4.69) is 20.4 Å². The lowest BCUT2D eigenvalue weighted by Crippen LogP contribution is -2.10. The molecule has 0 atom stereocenters. The highest BCUT2D eigenvalue weighted by atomic mass is 19.1. The number of benzene rings is 1. The van der Waals surface area contributed by atoms with Gasteiger partial charge in [0.15, 0.2) is 11.6 Å². The number of halogens is 1. The lowest BCUT2D eigenvalue weighted by Gasteiger charge is -2.13. The molecule has 3 rings (SSSR count). The Kier molecular flexibility index (Phi) is 4.55. The number of nitrogens with one attached hydrogen (secondary N) is 1. The van der Waals surface area contributed by atoms with Gasteiger partial charge in [-0.15, -0.1) is 0 Å². The maximum atomic E-state index is 14.3. The molecule has 0 bridgehead atoms. The molecular weight excluding hydrogens is 305 g/mol. The summed E-state index contributed by atoms with van der Waals surface area (Å²) in [7, 11) is 0. The van der Waals surface area contributed by atoms with Gasteiger partial charge in [-0.05, 0) is 38.0 Å². The molecule has 0 aliphatic heterocycles. The first-order valence-corrected chi connectivity index (χ1v) is 7.95. The van der Waals surface area contributed by atoms with Crippen LogP contribution >= 0.6 is 0 Å². The van der Waals surface area contributed by atoms with Crippen molar-refractivity contribution in [1.82, 2.24) is 19.7 Å². The molecule has 0 spiro atoms. The fourth-order valence-corrected chi connectivity index (χ4v) is 2.69. The average Bonchev–Trinajstić information content (AvgIpc) is 2.92. The molecule has 0 unspecified atom stereocenters. The fourth-order valence-electron chi connectivity index (χ4n) is 2.69. The summed E-state index contributed by atoms with van der Waals surface area (Å²) in [5.41, 5.74) is 4.42. The zero-order valence-electron chi connectivity index (χ0n) is 14.0. The highest BCUT2D eigenvalue weighted by Gasteiger charge is 2.12. The standard InChI is InChI=1S/C18H20FN5/c1-4-15-17(19)18(22-11-21-15)20-10-14-7-5-6-8-16(14)24-13(3)9-12(2)23-24/h5-9,11H,4,10H2,1-3H3,(H,20,21,22). The fraction of sp³-hybridized carbons (Fsp3) is 0.278. The van der Waals surface area contributed by atoms with Gasteiger partial charge < -0.3 is 5.32 Å². The van der Waals surface area contributed by atoms with Gasteiger partial charge in [0.1, 0.15) is 6.33 Å². The van der Waals surface area contributed by atoms with Crippen LogP contribution in [0.4, 0.5) is 10.2 Å². The molecule has 2 aromatic heterocycles. The molecule has 1 aromatic carbocycles. The van der Waals surface area contributed by atoms with E-state index in [1.54, 1.807) is 0 Å². The highest BCUT2D eigenvalue weighted by molar-refractivity contribution is 5.45. The largest absolute Gasteiger partial charge is 0.363 e. The summed E-state index contributed by atoms with van der Waals surface area (Å²) < 4.78 is 16.2. The van der Waals surface area contributed by atoms with E-state index in [9.17, 15) is 4.39 Å². The van der Waals surface area contributed by atoms with Crippen molar-refractivity contribution in [2.75, 3.05) is 5.32 Å². The van der Waals surface area contributed by atoms with Crippen molar-refractivity contribution in [3.63, 3.8) is 0 Å². The van der Waals surface area contributed by atoms with Crippen LogP contribution in [-0.4, -0.2) is 19.7 Å². The van der Waals surface area contributed by atoms with Crippen LogP contribution in [0.1, 0.15) is 29.6 Å². The summed E-state index contributed by atoms with van der Waals surface area (Å²) in [5, 5.41) is 7.60. The number of para-hydroxylation sites is 1. The Balaban J connectivity index is 1.88. The zero-order valence-corrected chi connectivity index (χ0v) is 14.0. The summed E-state index contributed by atoms with van der Waals surface area (Å²) in [6.45, 7) is 6.30.